The molecule has 0 aromatic heterocycles. The lowest BCUT2D eigenvalue weighted by molar-refractivity contribution is 0.0965. The Bertz CT molecular complexity index is 470. The molecule has 2 heterocycles. The van der Waals surface area contributed by atoms with Crippen molar-refractivity contribution in [2.45, 2.75) is 32.9 Å². The summed E-state index contributed by atoms with van der Waals surface area (Å²) in [5.41, 5.74) is 3.27. The largest absolute Gasteiger partial charge is 0.348 e. The Morgan fingerprint density at radius 2 is 2.33 bits per heavy atom. The molecule has 1 atom stereocenters. The molecule has 96 valence electrons. The van der Waals surface area contributed by atoms with Gasteiger partial charge in [-0.1, -0.05) is 19.1 Å². The Labute approximate surface area is 108 Å². The molecular weight excluding hydrogens is 224 g/mol. The van der Waals surface area contributed by atoms with Crippen molar-refractivity contribution in [1.82, 2.24) is 10.2 Å². The summed E-state index contributed by atoms with van der Waals surface area (Å²) in [5, 5.41) is 2.87. The molecule has 0 bridgehead atoms. The van der Waals surface area contributed by atoms with Crippen LogP contribution < -0.4 is 5.32 Å². The van der Waals surface area contributed by atoms with Crippen LogP contribution in [0.25, 0.3) is 0 Å². The van der Waals surface area contributed by atoms with Gasteiger partial charge in [-0.15, -0.1) is 0 Å². The molecular formula is C15H20N2O. The summed E-state index contributed by atoms with van der Waals surface area (Å²) in [7, 11) is 0. The maximum absolute atomic E-state index is 11.6. The second-order valence-corrected chi connectivity index (χ2v) is 5.66. The lowest BCUT2D eigenvalue weighted by Gasteiger charge is -2.30. The minimum Gasteiger partial charge on any atom is -0.348 e. The van der Waals surface area contributed by atoms with E-state index in [1.54, 1.807) is 0 Å². The number of amides is 1. The van der Waals surface area contributed by atoms with Gasteiger partial charge in [-0.2, -0.15) is 0 Å². The number of benzene rings is 1. The van der Waals surface area contributed by atoms with E-state index in [9.17, 15) is 4.79 Å². The number of hydrogen-bond acceptors (Lipinski definition) is 2. The van der Waals surface area contributed by atoms with Gasteiger partial charge >= 0.3 is 0 Å². The lowest BCUT2D eigenvalue weighted by atomic mass is 9.99. The van der Waals surface area contributed by atoms with Gasteiger partial charge in [0.25, 0.3) is 5.91 Å². The first kappa shape index (κ1) is 11.7. The Kier molecular flexibility index (Phi) is 3.08. The number of hydrogen-bond donors (Lipinski definition) is 1. The van der Waals surface area contributed by atoms with E-state index in [-0.39, 0.29) is 5.91 Å². The van der Waals surface area contributed by atoms with Crippen molar-refractivity contribution in [3.8, 4) is 0 Å². The summed E-state index contributed by atoms with van der Waals surface area (Å²) >= 11 is 0. The Hall–Kier alpha value is -1.35. The number of carbonyl (C=O) groups is 1. The van der Waals surface area contributed by atoms with E-state index in [0.29, 0.717) is 6.54 Å². The van der Waals surface area contributed by atoms with Gasteiger partial charge in [0.1, 0.15) is 0 Å². The molecule has 1 fully saturated rings. The van der Waals surface area contributed by atoms with E-state index in [1.807, 2.05) is 0 Å². The van der Waals surface area contributed by atoms with Crippen molar-refractivity contribution >= 4 is 5.91 Å². The average Bonchev–Trinajstić information content (AvgIpc) is 2.71. The van der Waals surface area contributed by atoms with Crippen LogP contribution in [0.4, 0.5) is 0 Å². The highest BCUT2D eigenvalue weighted by molar-refractivity contribution is 5.98. The summed E-state index contributed by atoms with van der Waals surface area (Å²) in [6.45, 7) is 6.36. The monoisotopic (exact) mass is 244 g/mol. The zero-order valence-corrected chi connectivity index (χ0v) is 10.9. The molecule has 0 spiro atoms. The summed E-state index contributed by atoms with van der Waals surface area (Å²) in [6, 6.07) is 6.32. The molecule has 1 aromatic rings. The summed E-state index contributed by atoms with van der Waals surface area (Å²) in [4.78, 5) is 14.1. The van der Waals surface area contributed by atoms with Gasteiger partial charge < -0.3 is 5.32 Å². The van der Waals surface area contributed by atoms with E-state index in [1.165, 1.54) is 31.5 Å². The summed E-state index contributed by atoms with van der Waals surface area (Å²) in [5.74, 6) is 0.885. The molecule has 1 N–H and O–H groups in total. The standard InChI is InChI=1S/C15H20N2O/c1-11-3-2-6-17(9-11)10-12-4-5-13-8-16-15(18)14(13)7-12/h4-5,7,11H,2-3,6,8-10H2,1H3,(H,16,18). The molecule has 1 amide bonds. The predicted molar refractivity (Wildman–Crippen MR) is 71.3 cm³/mol. The number of rotatable bonds is 2. The van der Waals surface area contributed by atoms with Crippen LogP contribution in [0.1, 0.15) is 41.3 Å². The third-order valence-electron chi connectivity index (χ3n) is 4.01. The number of nitrogens with one attached hydrogen (secondary N) is 1. The minimum absolute atomic E-state index is 0.0823. The van der Waals surface area contributed by atoms with Crippen molar-refractivity contribution in [2.24, 2.45) is 5.92 Å². The summed E-state index contributed by atoms with van der Waals surface area (Å²) in [6.07, 6.45) is 2.65. The fourth-order valence-corrected chi connectivity index (χ4v) is 3.05. The van der Waals surface area contributed by atoms with Crippen molar-refractivity contribution in [3.05, 3.63) is 34.9 Å². The quantitative estimate of drug-likeness (QED) is 0.864. The number of likely N-dealkylation sites (tertiary alicyclic amines) is 1. The van der Waals surface area contributed by atoms with Gasteiger partial charge in [0.2, 0.25) is 0 Å². The first-order valence-corrected chi connectivity index (χ1v) is 6.85. The number of carbonyl (C=O) groups excluding carboxylic acids is 1. The fourth-order valence-electron chi connectivity index (χ4n) is 3.05. The van der Waals surface area contributed by atoms with Crippen molar-refractivity contribution < 1.29 is 4.79 Å². The molecule has 18 heavy (non-hydrogen) atoms. The molecule has 1 aromatic carbocycles. The van der Waals surface area contributed by atoms with E-state index < -0.39 is 0 Å². The Morgan fingerprint density at radius 1 is 1.44 bits per heavy atom. The zero-order chi connectivity index (χ0) is 12.5. The molecule has 1 unspecified atom stereocenters. The van der Waals surface area contributed by atoms with Crippen LogP contribution in [0.2, 0.25) is 0 Å². The topological polar surface area (TPSA) is 32.3 Å². The Morgan fingerprint density at radius 3 is 3.17 bits per heavy atom. The normalized spacial score (nSPS) is 23.8. The van der Waals surface area contributed by atoms with Crippen LogP contribution in [-0.4, -0.2) is 23.9 Å². The highest BCUT2D eigenvalue weighted by Crippen LogP contribution is 2.21. The van der Waals surface area contributed by atoms with Crippen molar-refractivity contribution in [3.63, 3.8) is 0 Å². The molecule has 2 aliphatic rings. The van der Waals surface area contributed by atoms with Crippen LogP contribution in [0.3, 0.4) is 0 Å². The predicted octanol–water partition coefficient (Wildman–Crippen LogP) is 2.16. The second-order valence-electron chi connectivity index (χ2n) is 5.66. The molecule has 3 heteroatoms. The average molecular weight is 244 g/mol. The van der Waals surface area contributed by atoms with Crippen LogP contribution in [0.15, 0.2) is 18.2 Å². The molecule has 1 saturated heterocycles. The van der Waals surface area contributed by atoms with Crippen molar-refractivity contribution in [1.29, 1.82) is 0 Å². The highest BCUT2D eigenvalue weighted by atomic mass is 16.1. The van der Waals surface area contributed by atoms with E-state index in [2.05, 4.69) is 35.3 Å². The van der Waals surface area contributed by atoms with Crippen molar-refractivity contribution in [2.75, 3.05) is 13.1 Å². The number of nitrogens with zero attached hydrogens (tertiary/aromatic N) is 1. The molecule has 3 nitrogen and oxygen atoms in total. The lowest BCUT2D eigenvalue weighted by Crippen LogP contribution is -2.33. The minimum atomic E-state index is 0.0823. The van der Waals surface area contributed by atoms with Gasteiger partial charge in [0, 0.05) is 25.2 Å². The molecule has 0 aliphatic carbocycles. The van der Waals surface area contributed by atoms with Crippen LogP contribution in [-0.2, 0) is 13.1 Å². The van der Waals surface area contributed by atoms with Crippen LogP contribution in [0, 0.1) is 5.92 Å². The summed E-state index contributed by atoms with van der Waals surface area (Å²) < 4.78 is 0. The Balaban J connectivity index is 1.73. The molecule has 0 radical (unpaired) electrons. The maximum Gasteiger partial charge on any atom is 0.251 e. The van der Waals surface area contributed by atoms with E-state index >= 15 is 0 Å². The molecule has 0 saturated carbocycles. The SMILES string of the molecule is CC1CCCN(Cc2ccc3c(c2)C(=O)NC3)C1. The number of piperidine rings is 1. The maximum atomic E-state index is 11.6. The molecule has 2 aliphatic heterocycles. The third kappa shape index (κ3) is 2.27. The first-order chi connectivity index (χ1) is 8.72. The van der Waals surface area contributed by atoms with Gasteiger partial charge in [-0.05, 0) is 42.5 Å². The third-order valence-corrected chi connectivity index (χ3v) is 4.01. The zero-order valence-electron chi connectivity index (χ0n) is 10.9. The van der Waals surface area contributed by atoms with Crippen LogP contribution >= 0.6 is 0 Å². The van der Waals surface area contributed by atoms with Gasteiger partial charge in [-0.25, -0.2) is 0 Å². The van der Waals surface area contributed by atoms with Gasteiger partial charge in [0.05, 0.1) is 0 Å². The first-order valence-electron chi connectivity index (χ1n) is 6.85. The van der Waals surface area contributed by atoms with Gasteiger partial charge in [0.15, 0.2) is 0 Å². The second kappa shape index (κ2) is 4.73. The smallest absolute Gasteiger partial charge is 0.251 e. The number of fused-ring (bicyclic) bond motifs is 1. The molecule has 3 rings (SSSR count). The highest BCUT2D eigenvalue weighted by Gasteiger charge is 2.20. The van der Waals surface area contributed by atoms with E-state index in [4.69, 9.17) is 0 Å². The fraction of sp³-hybridized carbons (Fsp3) is 0.533. The van der Waals surface area contributed by atoms with Gasteiger partial charge in [-0.3, -0.25) is 9.69 Å². The van der Waals surface area contributed by atoms with E-state index in [0.717, 1.165) is 23.6 Å². The van der Waals surface area contributed by atoms with Crippen LogP contribution in [0.5, 0.6) is 0 Å².